The van der Waals surface area contributed by atoms with Crippen LogP contribution >= 0.6 is 0 Å². The lowest BCUT2D eigenvalue weighted by molar-refractivity contribution is -0.386. The number of hydrogen-bond acceptors (Lipinski definition) is 5. The Labute approximate surface area is 105 Å². The molecule has 96 valence electrons. The fraction of sp³-hybridized carbons (Fsp3) is 0.417. The Bertz CT molecular complexity index is 492. The minimum absolute atomic E-state index is 0.00278. The van der Waals surface area contributed by atoms with Crippen molar-refractivity contribution < 1.29 is 14.4 Å². The molecule has 6 nitrogen and oxygen atoms in total. The summed E-state index contributed by atoms with van der Waals surface area (Å²) in [6.07, 6.45) is 0. The summed E-state index contributed by atoms with van der Waals surface area (Å²) < 4.78 is 10.3. The van der Waals surface area contributed by atoms with Crippen molar-refractivity contribution in [1.29, 1.82) is 5.26 Å². The van der Waals surface area contributed by atoms with E-state index >= 15 is 0 Å². The van der Waals surface area contributed by atoms with Gasteiger partial charge in [-0.2, -0.15) is 5.26 Å². The quantitative estimate of drug-likeness (QED) is 0.592. The second-order valence-electron chi connectivity index (χ2n) is 4.10. The van der Waals surface area contributed by atoms with E-state index in [1.807, 2.05) is 19.9 Å². The fourth-order valence-electron chi connectivity index (χ4n) is 1.33. The summed E-state index contributed by atoms with van der Waals surface area (Å²) in [4.78, 5) is 10.4. The molecule has 0 spiro atoms. The van der Waals surface area contributed by atoms with Gasteiger partial charge in [-0.05, 0) is 5.92 Å². The summed E-state index contributed by atoms with van der Waals surface area (Å²) in [7, 11) is 1.38. The number of hydrogen-bond donors (Lipinski definition) is 0. The van der Waals surface area contributed by atoms with Crippen LogP contribution in [0, 0.1) is 27.4 Å². The highest BCUT2D eigenvalue weighted by Crippen LogP contribution is 2.35. The van der Waals surface area contributed by atoms with E-state index in [-0.39, 0.29) is 28.7 Å². The zero-order valence-corrected chi connectivity index (χ0v) is 10.5. The van der Waals surface area contributed by atoms with Crippen LogP contribution < -0.4 is 9.47 Å². The summed E-state index contributed by atoms with van der Waals surface area (Å²) in [5, 5.41) is 20.0. The van der Waals surface area contributed by atoms with Gasteiger partial charge >= 0.3 is 5.69 Å². The molecule has 0 saturated carbocycles. The van der Waals surface area contributed by atoms with Crippen molar-refractivity contribution in [1.82, 2.24) is 0 Å². The highest BCUT2D eigenvalue weighted by molar-refractivity contribution is 5.60. The molecule has 0 aliphatic heterocycles. The van der Waals surface area contributed by atoms with E-state index in [0.717, 1.165) is 0 Å². The molecule has 0 fully saturated rings. The number of methoxy groups -OCH3 is 1. The van der Waals surface area contributed by atoms with Gasteiger partial charge in [-0.3, -0.25) is 10.1 Å². The normalized spacial score (nSPS) is 9.94. The van der Waals surface area contributed by atoms with Crippen molar-refractivity contribution in [2.24, 2.45) is 5.92 Å². The third kappa shape index (κ3) is 3.10. The van der Waals surface area contributed by atoms with Crippen LogP contribution in [0.4, 0.5) is 5.69 Å². The number of nitrogens with zero attached hydrogens (tertiary/aromatic N) is 2. The lowest BCUT2D eigenvalue weighted by Crippen LogP contribution is -2.07. The Hall–Kier alpha value is -2.29. The molecule has 1 aromatic rings. The maximum absolute atomic E-state index is 11.0. The summed E-state index contributed by atoms with van der Waals surface area (Å²) >= 11 is 0. The van der Waals surface area contributed by atoms with Gasteiger partial charge in [0.15, 0.2) is 0 Å². The zero-order valence-electron chi connectivity index (χ0n) is 10.5. The highest BCUT2D eigenvalue weighted by Gasteiger charge is 2.22. The minimum Gasteiger partial charge on any atom is -0.496 e. The molecule has 1 rings (SSSR count). The molecule has 0 aliphatic carbocycles. The second kappa shape index (κ2) is 5.87. The Morgan fingerprint density at radius 2 is 2.17 bits per heavy atom. The summed E-state index contributed by atoms with van der Waals surface area (Å²) in [6.45, 7) is 4.14. The summed E-state index contributed by atoms with van der Waals surface area (Å²) in [5.41, 5.74) is -0.159. The molecule has 0 radical (unpaired) electrons. The van der Waals surface area contributed by atoms with Gasteiger partial charge in [-0.1, -0.05) is 13.8 Å². The highest BCUT2D eigenvalue weighted by atomic mass is 16.6. The van der Waals surface area contributed by atoms with Crippen LogP contribution in [0.1, 0.15) is 19.4 Å². The third-order valence-electron chi connectivity index (χ3n) is 2.16. The first-order valence-electron chi connectivity index (χ1n) is 5.39. The second-order valence-corrected chi connectivity index (χ2v) is 4.10. The number of benzene rings is 1. The van der Waals surface area contributed by atoms with E-state index in [1.54, 1.807) is 0 Å². The molecule has 0 aromatic heterocycles. The third-order valence-corrected chi connectivity index (χ3v) is 2.16. The molecule has 0 bridgehead atoms. The van der Waals surface area contributed by atoms with Crippen LogP contribution in [0.2, 0.25) is 0 Å². The molecule has 0 unspecified atom stereocenters. The van der Waals surface area contributed by atoms with Crippen molar-refractivity contribution in [3.8, 4) is 17.6 Å². The van der Waals surface area contributed by atoms with Crippen LogP contribution in [-0.4, -0.2) is 18.6 Å². The Morgan fingerprint density at radius 3 is 2.61 bits per heavy atom. The Balaban J connectivity index is 3.27. The Kier molecular flexibility index (Phi) is 4.49. The van der Waals surface area contributed by atoms with Gasteiger partial charge in [0.05, 0.1) is 24.7 Å². The van der Waals surface area contributed by atoms with Gasteiger partial charge in [0.1, 0.15) is 17.4 Å². The molecule has 0 atom stereocenters. The number of nitro groups is 1. The molecule has 0 heterocycles. The average molecular weight is 250 g/mol. The molecule has 0 aliphatic rings. The van der Waals surface area contributed by atoms with Crippen LogP contribution in [0.5, 0.6) is 11.5 Å². The minimum atomic E-state index is -0.584. The monoisotopic (exact) mass is 250 g/mol. The van der Waals surface area contributed by atoms with Crippen LogP contribution in [0.3, 0.4) is 0 Å². The van der Waals surface area contributed by atoms with Crippen molar-refractivity contribution in [2.45, 2.75) is 13.8 Å². The average Bonchev–Trinajstić information content (AvgIpc) is 2.34. The van der Waals surface area contributed by atoms with Crippen molar-refractivity contribution >= 4 is 5.69 Å². The number of nitro benzene ring substituents is 1. The number of rotatable bonds is 5. The van der Waals surface area contributed by atoms with Crippen LogP contribution in [0.15, 0.2) is 12.1 Å². The van der Waals surface area contributed by atoms with Crippen molar-refractivity contribution in [2.75, 3.05) is 13.7 Å². The van der Waals surface area contributed by atoms with Gasteiger partial charge in [-0.15, -0.1) is 0 Å². The number of ether oxygens (including phenoxy) is 2. The Morgan fingerprint density at radius 1 is 1.50 bits per heavy atom. The zero-order chi connectivity index (χ0) is 13.7. The molecule has 1 aromatic carbocycles. The molecule has 0 amide bonds. The maximum Gasteiger partial charge on any atom is 0.316 e. The summed E-state index contributed by atoms with van der Waals surface area (Å²) in [5.74, 6) is 0.463. The van der Waals surface area contributed by atoms with Gasteiger partial charge in [0, 0.05) is 6.07 Å². The van der Waals surface area contributed by atoms with Gasteiger partial charge in [-0.25, -0.2) is 0 Å². The van der Waals surface area contributed by atoms with Crippen molar-refractivity contribution in [3.63, 3.8) is 0 Å². The van der Waals surface area contributed by atoms with Crippen LogP contribution in [0.25, 0.3) is 0 Å². The summed E-state index contributed by atoms with van der Waals surface area (Å²) in [6, 6.07) is 4.55. The van der Waals surface area contributed by atoms with Gasteiger partial charge in [0.2, 0.25) is 5.75 Å². The molecule has 6 heteroatoms. The number of nitriles is 1. The smallest absolute Gasteiger partial charge is 0.316 e. The van der Waals surface area contributed by atoms with E-state index < -0.39 is 4.92 Å². The van der Waals surface area contributed by atoms with Crippen LogP contribution in [-0.2, 0) is 0 Å². The molecule has 0 N–H and O–H groups in total. The predicted molar refractivity (Wildman–Crippen MR) is 64.7 cm³/mol. The van der Waals surface area contributed by atoms with E-state index in [4.69, 9.17) is 14.7 Å². The fourth-order valence-corrected chi connectivity index (χ4v) is 1.33. The van der Waals surface area contributed by atoms with Crippen molar-refractivity contribution in [3.05, 3.63) is 27.8 Å². The lowest BCUT2D eigenvalue weighted by Gasteiger charge is -2.11. The lowest BCUT2D eigenvalue weighted by atomic mass is 10.1. The van der Waals surface area contributed by atoms with E-state index in [9.17, 15) is 10.1 Å². The van der Waals surface area contributed by atoms with E-state index in [0.29, 0.717) is 6.61 Å². The molecule has 18 heavy (non-hydrogen) atoms. The van der Waals surface area contributed by atoms with Gasteiger partial charge < -0.3 is 9.47 Å². The van der Waals surface area contributed by atoms with Gasteiger partial charge in [0.25, 0.3) is 0 Å². The first-order valence-corrected chi connectivity index (χ1v) is 5.39. The van der Waals surface area contributed by atoms with E-state index in [1.165, 1.54) is 19.2 Å². The molecular formula is C12H14N2O4. The maximum atomic E-state index is 11.0. The SMILES string of the molecule is COc1cc(C#N)c(OCC(C)C)c([N+](=O)[O-])c1. The predicted octanol–water partition coefficient (Wildman–Crippen LogP) is 2.51. The first-order chi connectivity index (χ1) is 8.49. The molecular weight excluding hydrogens is 236 g/mol. The first kappa shape index (κ1) is 13.8. The standard InChI is InChI=1S/C12H14N2O4/c1-8(2)7-18-12-9(6-13)4-10(17-3)5-11(12)14(15)16/h4-5,8H,7H2,1-3H3. The largest absolute Gasteiger partial charge is 0.496 e. The molecule has 0 saturated heterocycles. The van der Waals surface area contributed by atoms with E-state index in [2.05, 4.69) is 0 Å². The topological polar surface area (TPSA) is 85.4 Å².